The number of para-hydroxylation sites is 1. The highest BCUT2D eigenvalue weighted by molar-refractivity contribution is 9.10. The third-order valence-electron chi connectivity index (χ3n) is 4.09. The summed E-state index contributed by atoms with van der Waals surface area (Å²) in [6.45, 7) is 7.85. The first kappa shape index (κ1) is 18.5. The molecule has 0 saturated carbocycles. The Labute approximate surface area is 152 Å². The van der Waals surface area contributed by atoms with Gasteiger partial charge in [0.15, 0.2) is 5.60 Å². The van der Waals surface area contributed by atoms with Crippen molar-refractivity contribution >= 4 is 27.5 Å². The number of ether oxygens (including phenoxy) is 1. The number of hydrogen-bond donors (Lipinski definition) is 1. The smallest absolute Gasteiger partial charge is 0.267 e. The van der Waals surface area contributed by atoms with Crippen LogP contribution in [0, 0.1) is 0 Å². The van der Waals surface area contributed by atoms with Gasteiger partial charge in [0.1, 0.15) is 5.75 Å². The molecule has 0 bridgehead atoms. The largest absolute Gasteiger partial charge is 0.478 e. The highest BCUT2D eigenvalue weighted by atomic mass is 79.9. The van der Waals surface area contributed by atoms with E-state index in [9.17, 15) is 4.79 Å². The number of amides is 1. The molecule has 0 spiro atoms. The van der Waals surface area contributed by atoms with E-state index in [-0.39, 0.29) is 5.91 Å². The summed E-state index contributed by atoms with van der Waals surface area (Å²) in [5.41, 5.74) is 1.02. The first-order valence-electron chi connectivity index (χ1n) is 8.18. The van der Waals surface area contributed by atoms with Gasteiger partial charge in [-0.15, -0.1) is 0 Å². The molecule has 2 aromatic carbocycles. The highest BCUT2D eigenvalue weighted by Crippen LogP contribution is 2.28. The summed E-state index contributed by atoms with van der Waals surface area (Å²) in [5.74, 6) is 0.881. The fourth-order valence-corrected chi connectivity index (χ4v) is 2.64. The van der Waals surface area contributed by atoms with E-state index in [0.717, 1.165) is 22.1 Å². The normalized spacial score (nSPS) is 12.5. The van der Waals surface area contributed by atoms with Gasteiger partial charge < -0.3 is 10.1 Å². The van der Waals surface area contributed by atoms with E-state index in [0.29, 0.717) is 11.7 Å². The molecular formula is C20H24BrNO2. The Kier molecular flexibility index (Phi) is 6.05. The van der Waals surface area contributed by atoms with E-state index in [2.05, 4.69) is 41.2 Å². The van der Waals surface area contributed by atoms with Gasteiger partial charge in [0, 0.05) is 10.2 Å². The van der Waals surface area contributed by atoms with Crippen LogP contribution in [-0.2, 0) is 4.79 Å². The Balaban J connectivity index is 2.15. The summed E-state index contributed by atoms with van der Waals surface area (Å²) >= 11 is 3.39. The van der Waals surface area contributed by atoms with Crippen molar-refractivity contribution in [3.05, 3.63) is 58.6 Å². The van der Waals surface area contributed by atoms with Crippen molar-refractivity contribution in [2.75, 3.05) is 5.32 Å². The van der Waals surface area contributed by atoms with Crippen LogP contribution in [0.4, 0.5) is 5.69 Å². The van der Waals surface area contributed by atoms with Gasteiger partial charge in [-0.05, 0) is 62.1 Å². The average molecular weight is 390 g/mol. The van der Waals surface area contributed by atoms with Crippen molar-refractivity contribution in [3.8, 4) is 5.75 Å². The maximum Gasteiger partial charge on any atom is 0.267 e. The molecule has 3 nitrogen and oxygen atoms in total. The Morgan fingerprint density at radius 3 is 2.42 bits per heavy atom. The van der Waals surface area contributed by atoms with Gasteiger partial charge in [-0.2, -0.15) is 0 Å². The van der Waals surface area contributed by atoms with Gasteiger partial charge in [-0.3, -0.25) is 4.79 Å². The Morgan fingerprint density at radius 2 is 1.79 bits per heavy atom. The number of rotatable bonds is 6. The average Bonchev–Trinajstić information content (AvgIpc) is 2.56. The lowest BCUT2D eigenvalue weighted by atomic mass is 9.96. The maximum absolute atomic E-state index is 12.7. The molecule has 128 valence electrons. The molecule has 0 aromatic heterocycles. The molecule has 0 radical (unpaired) electrons. The van der Waals surface area contributed by atoms with E-state index < -0.39 is 5.60 Å². The first-order chi connectivity index (χ1) is 11.3. The number of halogens is 1. The Hall–Kier alpha value is -1.81. The van der Waals surface area contributed by atoms with E-state index in [1.807, 2.05) is 42.5 Å². The SMILES string of the molecule is CCC(C)c1ccccc1NC(=O)C(C)(C)Oc1ccc(Br)cc1. The lowest BCUT2D eigenvalue weighted by Crippen LogP contribution is -2.42. The van der Waals surface area contributed by atoms with E-state index in [4.69, 9.17) is 4.74 Å². The molecule has 2 aromatic rings. The molecule has 0 aliphatic rings. The first-order valence-corrected chi connectivity index (χ1v) is 8.97. The van der Waals surface area contributed by atoms with Crippen LogP contribution in [0.2, 0.25) is 0 Å². The second-order valence-electron chi connectivity index (χ2n) is 6.42. The van der Waals surface area contributed by atoms with Crippen LogP contribution in [0.3, 0.4) is 0 Å². The molecule has 2 rings (SSSR count). The van der Waals surface area contributed by atoms with Crippen molar-refractivity contribution < 1.29 is 9.53 Å². The zero-order chi connectivity index (χ0) is 17.7. The molecule has 1 amide bonds. The van der Waals surface area contributed by atoms with Crippen molar-refractivity contribution in [1.29, 1.82) is 0 Å². The molecule has 0 aliphatic carbocycles. The van der Waals surface area contributed by atoms with Crippen molar-refractivity contribution in [1.82, 2.24) is 0 Å². The molecule has 0 saturated heterocycles. The fraction of sp³-hybridized carbons (Fsp3) is 0.350. The molecule has 24 heavy (non-hydrogen) atoms. The summed E-state index contributed by atoms with van der Waals surface area (Å²) in [5, 5.41) is 3.02. The summed E-state index contributed by atoms with van der Waals surface area (Å²) in [6, 6.07) is 15.4. The van der Waals surface area contributed by atoms with Gasteiger partial charge in [-0.1, -0.05) is 48.0 Å². The van der Waals surface area contributed by atoms with Crippen LogP contribution < -0.4 is 10.1 Å². The zero-order valence-electron chi connectivity index (χ0n) is 14.6. The molecule has 1 N–H and O–H groups in total. The molecule has 4 heteroatoms. The molecule has 0 heterocycles. The molecular weight excluding hydrogens is 366 g/mol. The lowest BCUT2D eigenvalue weighted by Gasteiger charge is -2.26. The predicted molar refractivity (Wildman–Crippen MR) is 103 cm³/mol. The summed E-state index contributed by atoms with van der Waals surface area (Å²) in [4.78, 5) is 12.7. The fourth-order valence-electron chi connectivity index (χ4n) is 2.38. The number of hydrogen-bond acceptors (Lipinski definition) is 2. The standard InChI is InChI=1S/C20H24BrNO2/c1-5-14(2)17-8-6-7-9-18(17)22-19(23)20(3,4)24-16-12-10-15(21)11-13-16/h6-14H,5H2,1-4H3,(H,22,23). The highest BCUT2D eigenvalue weighted by Gasteiger charge is 2.30. The Morgan fingerprint density at radius 1 is 1.17 bits per heavy atom. The number of benzene rings is 2. The van der Waals surface area contributed by atoms with Gasteiger partial charge in [-0.25, -0.2) is 0 Å². The van der Waals surface area contributed by atoms with E-state index >= 15 is 0 Å². The molecule has 1 atom stereocenters. The lowest BCUT2D eigenvalue weighted by molar-refractivity contribution is -0.128. The van der Waals surface area contributed by atoms with Crippen molar-refractivity contribution in [3.63, 3.8) is 0 Å². The maximum atomic E-state index is 12.7. The van der Waals surface area contributed by atoms with Crippen LogP contribution in [0.5, 0.6) is 5.75 Å². The topological polar surface area (TPSA) is 38.3 Å². The van der Waals surface area contributed by atoms with Gasteiger partial charge in [0.25, 0.3) is 5.91 Å². The van der Waals surface area contributed by atoms with Gasteiger partial charge in [0.2, 0.25) is 0 Å². The minimum absolute atomic E-state index is 0.166. The predicted octanol–water partition coefficient (Wildman–Crippen LogP) is 5.76. The summed E-state index contributed by atoms with van der Waals surface area (Å²) in [6.07, 6.45) is 1.02. The molecule has 1 unspecified atom stereocenters. The number of carbonyl (C=O) groups is 1. The number of nitrogens with one attached hydrogen (secondary N) is 1. The van der Waals surface area contributed by atoms with Crippen LogP contribution >= 0.6 is 15.9 Å². The van der Waals surface area contributed by atoms with Crippen molar-refractivity contribution in [2.45, 2.75) is 45.6 Å². The molecule has 0 aliphatic heterocycles. The van der Waals surface area contributed by atoms with Gasteiger partial charge in [0.05, 0.1) is 0 Å². The Bertz CT molecular complexity index is 695. The molecule has 0 fully saturated rings. The number of carbonyl (C=O) groups excluding carboxylic acids is 1. The van der Waals surface area contributed by atoms with E-state index in [1.165, 1.54) is 0 Å². The summed E-state index contributed by atoms with van der Waals surface area (Å²) < 4.78 is 6.86. The van der Waals surface area contributed by atoms with Crippen LogP contribution in [0.25, 0.3) is 0 Å². The minimum Gasteiger partial charge on any atom is -0.478 e. The van der Waals surface area contributed by atoms with Crippen LogP contribution in [0.15, 0.2) is 53.0 Å². The van der Waals surface area contributed by atoms with E-state index in [1.54, 1.807) is 13.8 Å². The monoisotopic (exact) mass is 389 g/mol. The third-order valence-corrected chi connectivity index (χ3v) is 4.61. The second kappa shape index (κ2) is 7.84. The zero-order valence-corrected chi connectivity index (χ0v) is 16.2. The summed E-state index contributed by atoms with van der Waals surface area (Å²) in [7, 11) is 0. The quantitative estimate of drug-likeness (QED) is 0.681. The third kappa shape index (κ3) is 4.60. The number of anilines is 1. The van der Waals surface area contributed by atoms with Crippen LogP contribution in [-0.4, -0.2) is 11.5 Å². The minimum atomic E-state index is -0.976. The van der Waals surface area contributed by atoms with Gasteiger partial charge >= 0.3 is 0 Å². The van der Waals surface area contributed by atoms with Crippen molar-refractivity contribution in [2.24, 2.45) is 0 Å². The van der Waals surface area contributed by atoms with Crippen LogP contribution in [0.1, 0.15) is 45.6 Å². The second-order valence-corrected chi connectivity index (χ2v) is 7.33.